The Morgan fingerprint density at radius 3 is 2.08 bits per heavy atom. The number of benzene rings is 1. The maximum absolute atomic E-state index is 12.8. The van der Waals surface area contributed by atoms with Gasteiger partial charge in [0.2, 0.25) is 11.9 Å². The van der Waals surface area contributed by atoms with Crippen molar-refractivity contribution in [1.29, 1.82) is 0 Å². The van der Waals surface area contributed by atoms with Crippen LogP contribution in [-0.4, -0.2) is 71.5 Å². The molecule has 1 saturated heterocycles. The minimum absolute atomic E-state index is 0.252. The first kappa shape index (κ1) is 17.0. The topological polar surface area (TPSA) is 52.6 Å². The summed E-state index contributed by atoms with van der Waals surface area (Å²) in [6.45, 7) is 5.64. The van der Waals surface area contributed by atoms with Gasteiger partial charge in [-0.05, 0) is 30.0 Å². The van der Waals surface area contributed by atoms with Crippen LogP contribution < -0.4 is 4.90 Å². The van der Waals surface area contributed by atoms with Gasteiger partial charge < -0.3 is 9.80 Å². The van der Waals surface area contributed by atoms with Gasteiger partial charge in [-0.15, -0.1) is 0 Å². The molecular weight excluding hydrogens is 326 g/mol. The molecule has 136 valence electrons. The van der Waals surface area contributed by atoms with E-state index in [1.165, 1.54) is 11.1 Å². The largest absolute Gasteiger partial charge is 0.341 e. The minimum Gasteiger partial charge on any atom is -0.341 e. The molecule has 6 nitrogen and oxygen atoms in total. The molecule has 0 spiro atoms. The molecule has 0 radical (unpaired) electrons. The number of aromatic nitrogens is 2. The molecule has 1 aromatic heterocycles. The van der Waals surface area contributed by atoms with Crippen LogP contribution in [0.15, 0.2) is 42.7 Å². The van der Waals surface area contributed by atoms with Crippen molar-refractivity contribution in [2.75, 3.05) is 50.7 Å². The summed E-state index contributed by atoms with van der Waals surface area (Å²) in [5.74, 6) is 1.03. The molecule has 0 N–H and O–H groups in total. The second kappa shape index (κ2) is 7.83. The molecule has 26 heavy (non-hydrogen) atoms. The molecule has 2 aliphatic heterocycles. The second-order valence-electron chi connectivity index (χ2n) is 6.96. The van der Waals surface area contributed by atoms with Crippen LogP contribution in [0.25, 0.3) is 0 Å². The molecule has 1 aromatic carbocycles. The predicted molar refractivity (Wildman–Crippen MR) is 101 cm³/mol. The van der Waals surface area contributed by atoms with Gasteiger partial charge in [0.25, 0.3) is 0 Å². The van der Waals surface area contributed by atoms with Crippen LogP contribution in [0.3, 0.4) is 0 Å². The van der Waals surface area contributed by atoms with E-state index in [-0.39, 0.29) is 5.91 Å². The molecule has 2 aromatic rings. The lowest BCUT2D eigenvalue weighted by atomic mass is 10.0. The van der Waals surface area contributed by atoms with Crippen molar-refractivity contribution in [2.45, 2.75) is 12.8 Å². The fourth-order valence-corrected chi connectivity index (χ4v) is 3.77. The minimum atomic E-state index is 0.252. The van der Waals surface area contributed by atoms with Crippen LogP contribution in [0.5, 0.6) is 0 Å². The summed E-state index contributed by atoms with van der Waals surface area (Å²) in [6.07, 6.45) is 5.47. The highest BCUT2D eigenvalue weighted by molar-refractivity contribution is 5.78. The number of anilines is 1. The van der Waals surface area contributed by atoms with Crippen molar-refractivity contribution in [3.8, 4) is 0 Å². The number of rotatable bonds is 3. The summed E-state index contributed by atoms with van der Waals surface area (Å²) in [5, 5.41) is 0. The number of carbonyl (C=O) groups is 1. The maximum atomic E-state index is 12.8. The van der Waals surface area contributed by atoms with Crippen molar-refractivity contribution in [3.05, 3.63) is 53.9 Å². The Hall–Kier alpha value is -2.47. The van der Waals surface area contributed by atoms with Gasteiger partial charge in [0.05, 0.1) is 6.54 Å². The number of hydrogen-bond acceptors (Lipinski definition) is 5. The molecule has 6 heteroatoms. The first-order valence-corrected chi connectivity index (χ1v) is 9.38. The SMILES string of the molecule is O=C(CN1CCN(c2ncccn2)CC1)N1CCc2ccccc2CC1. The van der Waals surface area contributed by atoms with Crippen LogP contribution in [0.1, 0.15) is 11.1 Å². The van der Waals surface area contributed by atoms with E-state index in [2.05, 4.69) is 44.0 Å². The summed E-state index contributed by atoms with van der Waals surface area (Å²) in [5.41, 5.74) is 2.78. The van der Waals surface area contributed by atoms with E-state index in [4.69, 9.17) is 0 Å². The first-order valence-electron chi connectivity index (χ1n) is 9.38. The highest BCUT2D eigenvalue weighted by atomic mass is 16.2. The van der Waals surface area contributed by atoms with E-state index in [9.17, 15) is 4.79 Å². The maximum Gasteiger partial charge on any atom is 0.236 e. The lowest BCUT2D eigenvalue weighted by molar-refractivity contribution is -0.132. The van der Waals surface area contributed by atoms with Crippen molar-refractivity contribution in [2.24, 2.45) is 0 Å². The monoisotopic (exact) mass is 351 g/mol. The zero-order valence-electron chi connectivity index (χ0n) is 15.0. The molecule has 0 saturated carbocycles. The zero-order valence-corrected chi connectivity index (χ0v) is 15.0. The van der Waals surface area contributed by atoms with Crippen LogP contribution >= 0.6 is 0 Å². The molecule has 0 aliphatic carbocycles. The Balaban J connectivity index is 1.28. The number of nitrogens with zero attached hydrogens (tertiary/aromatic N) is 5. The number of fused-ring (bicyclic) bond motifs is 1. The molecular formula is C20H25N5O. The second-order valence-corrected chi connectivity index (χ2v) is 6.96. The molecule has 3 heterocycles. The first-order chi connectivity index (χ1) is 12.8. The predicted octanol–water partition coefficient (Wildman–Crippen LogP) is 1.23. The van der Waals surface area contributed by atoms with Crippen LogP contribution in [0.2, 0.25) is 0 Å². The lowest BCUT2D eigenvalue weighted by Crippen LogP contribution is -2.50. The summed E-state index contributed by atoms with van der Waals surface area (Å²) in [7, 11) is 0. The molecule has 0 bridgehead atoms. The van der Waals surface area contributed by atoms with E-state index in [0.29, 0.717) is 6.54 Å². The van der Waals surface area contributed by atoms with E-state index < -0.39 is 0 Å². The number of amides is 1. The molecule has 0 atom stereocenters. The van der Waals surface area contributed by atoms with E-state index in [0.717, 1.165) is 58.1 Å². The van der Waals surface area contributed by atoms with Gasteiger partial charge in [-0.25, -0.2) is 9.97 Å². The van der Waals surface area contributed by atoms with E-state index in [1.807, 2.05) is 11.0 Å². The van der Waals surface area contributed by atoms with Crippen molar-refractivity contribution in [1.82, 2.24) is 19.8 Å². The Kier molecular flexibility index (Phi) is 5.11. The zero-order chi connectivity index (χ0) is 17.8. The highest BCUT2D eigenvalue weighted by Crippen LogP contribution is 2.16. The molecule has 4 rings (SSSR count). The Labute approximate surface area is 154 Å². The number of hydrogen-bond donors (Lipinski definition) is 0. The summed E-state index contributed by atoms with van der Waals surface area (Å²) >= 11 is 0. The van der Waals surface area contributed by atoms with Crippen LogP contribution in [0.4, 0.5) is 5.95 Å². The standard InChI is InChI=1S/C20H25N5O/c26-19(24-10-6-17-4-1-2-5-18(17)7-11-24)16-23-12-14-25(15-13-23)20-21-8-3-9-22-20/h1-5,8-9H,6-7,10-16H2. The van der Waals surface area contributed by atoms with Gasteiger partial charge in [0, 0.05) is 51.7 Å². The van der Waals surface area contributed by atoms with Crippen LogP contribution in [0, 0.1) is 0 Å². The molecule has 1 fully saturated rings. The average Bonchev–Trinajstić information content (AvgIpc) is 2.92. The van der Waals surface area contributed by atoms with Gasteiger partial charge in [0.1, 0.15) is 0 Å². The number of carbonyl (C=O) groups excluding carboxylic acids is 1. The lowest BCUT2D eigenvalue weighted by Gasteiger charge is -2.35. The van der Waals surface area contributed by atoms with Crippen molar-refractivity contribution < 1.29 is 4.79 Å². The Morgan fingerprint density at radius 1 is 0.846 bits per heavy atom. The normalized spacial score (nSPS) is 18.3. The van der Waals surface area contributed by atoms with Crippen LogP contribution in [-0.2, 0) is 17.6 Å². The fourth-order valence-electron chi connectivity index (χ4n) is 3.77. The summed E-state index contributed by atoms with van der Waals surface area (Å²) < 4.78 is 0. The van der Waals surface area contributed by atoms with Gasteiger partial charge in [-0.2, -0.15) is 0 Å². The fraction of sp³-hybridized carbons (Fsp3) is 0.450. The Morgan fingerprint density at radius 2 is 1.46 bits per heavy atom. The summed E-state index contributed by atoms with van der Waals surface area (Å²) in [6, 6.07) is 10.4. The third-order valence-corrected chi connectivity index (χ3v) is 5.34. The smallest absolute Gasteiger partial charge is 0.236 e. The summed E-state index contributed by atoms with van der Waals surface area (Å²) in [4.78, 5) is 27.9. The third-order valence-electron chi connectivity index (χ3n) is 5.34. The number of piperazine rings is 1. The molecule has 2 aliphatic rings. The Bertz CT molecular complexity index is 716. The average molecular weight is 351 g/mol. The van der Waals surface area contributed by atoms with Gasteiger partial charge >= 0.3 is 0 Å². The van der Waals surface area contributed by atoms with Crippen molar-refractivity contribution >= 4 is 11.9 Å². The van der Waals surface area contributed by atoms with Gasteiger partial charge in [-0.1, -0.05) is 24.3 Å². The third kappa shape index (κ3) is 3.85. The quantitative estimate of drug-likeness (QED) is 0.832. The highest BCUT2D eigenvalue weighted by Gasteiger charge is 2.24. The van der Waals surface area contributed by atoms with E-state index >= 15 is 0 Å². The van der Waals surface area contributed by atoms with Gasteiger partial charge in [-0.3, -0.25) is 9.69 Å². The molecule has 1 amide bonds. The molecule has 0 unspecified atom stereocenters. The van der Waals surface area contributed by atoms with E-state index in [1.54, 1.807) is 12.4 Å². The van der Waals surface area contributed by atoms with Crippen molar-refractivity contribution in [3.63, 3.8) is 0 Å². The van der Waals surface area contributed by atoms with Gasteiger partial charge in [0.15, 0.2) is 0 Å².